The zero-order valence-corrected chi connectivity index (χ0v) is 14.2. The average molecular weight is 375 g/mol. The number of hydrogen-bond acceptors (Lipinski definition) is 5. The molecule has 0 saturated heterocycles. The molecule has 0 atom stereocenters. The molecule has 2 amide bonds. The number of nitrogens with one attached hydrogen (secondary N) is 1. The quantitative estimate of drug-likeness (QED) is 0.702. The Bertz CT molecular complexity index is 1070. The summed E-state index contributed by atoms with van der Waals surface area (Å²) in [5.74, 6) is -1.29. The van der Waals surface area contributed by atoms with Gasteiger partial charge < -0.3 is 11.1 Å². The van der Waals surface area contributed by atoms with Crippen LogP contribution in [0, 0.1) is 0 Å². The van der Waals surface area contributed by atoms with Gasteiger partial charge in [0.15, 0.2) is 5.65 Å². The van der Waals surface area contributed by atoms with Gasteiger partial charge in [0, 0.05) is 18.7 Å². The Hall–Kier alpha value is -3.37. The third kappa shape index (κ3) is 2.90. The predicted octanol–water partition coefficient (Wildman–Crippen LogP) is 1.63. The van der Waals surface area contributed by atoms with E-state index in [0.717, 1.165) is 17.4 Å². The number of primary amides is 1. The van der Waals surface area contributed by atoms with E-state index in [1.165, 1.54) is 30.2 Å². The molecule has 0 aliphatic heterocycles. The second-order valence-electron chi connectivity index (χ2n) is 6.32. The molecule has 1 aliphatic rings. The van der Waals surface area contributed by atoms with Crippen LogP contribution < -0.4 is 11.1 Å². The number of aryl methyl sites for hydroxylation is 1. The molecular weight excluding hydrogens is 360 g/mol. The molecule has 0 unspecified atom stereocenters. The fourth-order valence-electron chi connectivity index (χ4n) is 2.92. The van der Waals surface area contributed by atoms with E-state index in [9.17, 15) is 18.4 Å². The molecule has 0 aromatic carbocycles. The second kappa shape index (κ2) is 6.11. The number of carbonyl (C=O) groups is 2. The first-order valence-electron chi connectivity index (χ1n) is 8.16. The standard InChI is InChI=1S/C16H15F2N7O2/c1-24-12(14(19)26)10(6-20-24)23-16(27)8-5-21-25-11(13(17)18)4-9(7-2-3-7)22-15(8)25/h4-7,13H,2-3H2,1H3,(H2,19,26)(H,23,27). The number of anilines is 1. The number of nitrogens with two attached hydrogens (primary N) is 1. The van der Waals surface area contributed by atoms with Crippen molar-refractivity contribution in [2.45, 2.75) is 25.2 Å². The van der Waals surface area contributed by atoms with Crippen LogP contribution in [0.2, 0.25) is 0 Å². The summed E-state index contributed by atoms with van der Waals surface area (Å²) >= 11 is 0. The minimum Gasteiger partial charge on any atom is -0.364 e. The number of amides is 2. The van der Waals surface area contributed by atoms with Gasteiger partial charge in [0.05, 0.1) is 18.1 Å². The molecule has 0 bridgehead atoms. The molecule has 3 N–H and O–H groups in total. The van der Waals surface area contributed by atoms with Gasteiger partial charge in [0.1, 0.15) is 17.0 Å². The van der Waals surface area contributed by atoms with E-state index >= 15 is 0 Å². The first-order valence-corrected chi connectivity index (χ1v) is 8.16. The highest BCUT2D eigenvalue weighted by molar-refractivity contribution is 6.10. The zero-order valence-electron chi connectivity index (χ0n) is 14.2. The Morgan fingerprint density at radius 1 is 1.30 bits per heavy atom. The van der Waals surface area contributed by atoms with Crippen LogP contribution in [0.25, 0.3) is 5.65 Å². The van der Waals surface area contributed by atoms with Crippen molar-refractivity contribution in [2.75, 3.05) is 5.32 Å². The van der Waals surface area contributed by atoms with E-state index in [-0.39, 0.29) is 34.2 Å². The number of rotatable bonds is 5. The fraction of sp³-hybridized carbons (Fsp3) is 0.312. The van der Waals surface area contributed by atoms with Gasteiger partial charge in [0.2, 0.25) is 0 Å². The molecule has 1 fully saturated rings. The zero-order chi connectivity index (χ0) is 19.3. The van der Waals surface area contributed by atoms with E-state index in [1.807, 2.05) is 0 Å². The third-order valence-electron chi connectivity index (χ3n) is 4.40. The number of alkyl halides is 2. The van der Waals surface area contributed by atoms with Crippen molar-refractivity contribution in [1.29, 1.82) is 0 Å². The van der Waals surface area contributed by atoms with Crippen molar-refractivity contribution in [3.05, 3.63) is 41.1 Å². The molecule has 3 aromatic rings. The average Bonchev–Trinajstić information content (AvgIpc) is 3.27. The maximum Gasteiger partial charge on any atom is 0.280 e. The van der Waals surface area contributed by atoms with Crippen LogP contribution in [0.4, 0.5) is 14.5 Å². The Morgan fingerprint density at radius 3 is 2.67 bits per heavy atom. The molecule has 0 radical (unpaired) electrons. The van der Waals surface area contributed by atoms with Crippen LogP contribution in [0.15, 0.2) is 18.5 Å². The summed E-state index contributed by atoms with van der Waals surface area (Å²) in [7, 11) is 1.50. The molecule has 1 aliphatic carbocycles. The number of fused-ring (bicyclic) bond motifs is 1. The first-order chi connectivity index (χ1) is 12.9. The van der Waals surface area contributed by atoms with E-state index in [0.29, 0.717) is 5.69 Å². The monoisotopic (exact) mass is 375 g/mol. The Morgan fingerprint density at radius 2 is 2.04 bits per heavy atom. The molecule has 9 nitrogen and oxygen atoms in total. The van der Waals surface area contributed by atoms with E-state index in [4.69, 9.17) is 5.73 Å². The van der Waals surface area contributed by atoms with Crippen molar-refractivity contribution in [3.8, 4) is 0 Å². The molecule has 3 aromatic heterocycles. The van der Waals surface area contributed by atoms with Crippen LogP contribution >= 0.6 is 0 Å². The van der Waals surface area contributed by atoms with Crippen molar-refractivity contribution >= 4 is 23.1 Å². The lowest BCUT2D eigenvalue weighted by molar-refractivity contribution is 0.0992. The predicted molar refractivity (Wildman–Crippen MR) is 89.6 cm³/mol. The normalized spacial score (nSPS) is 14.1. The van der Waals surface area contributed by atoms with Gasteiger partial charge in [-0.05, 0) is 18.9 Å². The summed E-state index contributed by atoms with van der Waals surface area (Å²) < 4.78 is 29.0. The molecule has 27 heavy (non-hydrogen) atoms. The molecule has 140 valence electrons. The van der Waals surface area contributed by atoms with Gasteiger partial charge in [-0.15, -0.1) is 0 Å². The number of carbonyl (C=O) groups excluding carboxylic acids is 2. The van der Waals surface area contributed by atoms with Crippen molar-refractivity contribution < 1.29 is 18.4 Å². The lowest BCUT2D eigenvalue weighted by Crippen LogP contribution is -2.20. The number of aromatic nitrogens is 5. The van der Waals surface area contributed by atoms with Crippen LogP contribution in [0.3, 0.4) is 0 Å². The molecule has 1 saturated carbocycles. The van der Waals surface area contributed by atoms with Gasteiger partial charge >= 0.3 is 0 Å². The first kappa shape index (κ1) is 17.1. The van der Waals surface area contributed by atoms with Crippen molar-refractivity contribution in [2.24, 2.45) is 12.8 Å². The highest BCUT2D eigenvalue weighted by Crippen LogP contribution is 2.40. The molecule has 4 rings (SSSR count). The Labute approximate surface area is 151 Å². The molecular formula is C16H15F2N7O2. The largest absolute Gasteiger partial charge is 0.364 e. The topological polar surface area (TPSA) is 120 Å². The van der Waals surface area contributed by atoms with Crippen LogP contribution in [-0.4, -0.2) is 36.2 Å². The summed E-state index contributed by atoms with van der Waals surface area (Å²) in [6.45, 7) is 0. The van der Waals surface area contributed by atoms with Crippen molar-refractivity contribution in [3.63, 3.8) is 0 Å². The lowest BCUT2D eigenvalue weighted by atomic mass is 10.2. The number of hydrogen-bond donors (Lipinski definition) is 2. The van der Waals surface area contributed by atoms with Gasteiger partial charge in [-0.1, -0.05) is 0 Å². The van der Waals surface area contributed by atoms with E-state index in [1.54, 1.807) is 0 Å². The van der Waals surface area contributed by atoms with Gasteiger partial charge in [-0.3, -0.25) is 14.3 Å². The van der Waals surface area contributed by atoms with Gasteiger partial charge in [-0.25, -0.2) is 18.3 Å². The number of nitrogens with zero attached hydrogens (tertiary/aromatic N) is 5. The second-order valence-corrected chi connectivity index (χ2v) is 6.32. The third-order valence-corrected chi connectivity index (χ3v) is 4.40. The maximum atomic E-state index is 13.4. The summed E-state index contributed by atoms with van der Waals surface area (Å²) in [6.07, 6.45) is 1.43. The van der Waals surface area contributed by atoms with Crippen LogP contribution in [0.1, 0.15) is 57.4 Å². The summed E-state index contributed by atoms with van der Waals surface area (Å²) in [4.78, 5) is 28.6. The minimum atomic E-state index is -2.76. The summed E-state index contributed by atoms with van der Waals surface area (Å²) in [6, 6.07) is 1.33. The maximum absolute atomic E-state index is 13.4. The van der Waals surface area contributed by atoms with E-state index < -0.39 is 18.2 Å². The Balaban J connectivity index is 1.75. The van der Waals surface area contributed by atoms with Crippen LogP contribution in [0.5, 0.6) is 0 Å². The fourth-order valence-corrected chi connectivity index (χ4v) is 2.92. The highest BCUT2D eigenvalue weighted by Gasteiger charge is 2.29. The molecule has 0 spiro atoms. The minimum absolute atomic E-state index is 0.0127. The smallest absolute Gasteiger partial charge is 0.280 e. The highest BCUT2D eigenvalue weighted by atomic mass is 19.3. The van der Waals surface area contributed by atoms with Gasteiger partial charge in [-0.2, -0.15) is 10.2 Å². The molecule has 11 heteroatoms. The Kier molecular flexibility index (Phi) is 3.86. The van der Waals surface area contributed by atoms with Gasteiger partial charge in [0.25, 0.3) is 18.2 Å². The molecule has 3 heterocycles. The summed E-state index contributed by atoms with van der Waals surface area (Å²) in [5.41, 5.74) is 5.67. The van der Waals surface area contributed by atoms with Crippen LogP contribution in [-0.2, 0) is 7.05 Å². The number of halogens is 2. The van der Waals surface area contributed by atoms with Crippen molar-refractivity contribution in [1.82, 2.24) is 24.4 Å². The lowest BCUT2D eigenvalue weighted by Gasteiger charge is -2.08. The SMILES string of the molecule is Cn1ncc(NC(=O)c2cnn3c(C(F)F)cc(C4CC4)nc23)c1C(N)=O. The van der Waals surface area contributed by atoms with E-state index in [2.05, 4.69) is 20.5 Å². The summed E-state index contributed by atoms with van der Waals surface area (Å²) in [5, 5.41) is 10.3.